The molecule has 2 amide bonds. The molecule has 5 nitrogen and oxygen atoms in total. The van der Waals surface area contributed by atoms with Crippen molar-refractivity contribution in [3.8, 4) is 0 Å². The zero-order valence-corrected chi connectivity index (χ0v) is 15.0. The van der Waals surface area contributed by atoms with Gasteiger partial charge in [-0.15, -0.1) is 0 Å². The molecule has 25 heavy (non-hydrogen) atoms. The topological polar surface area (TPSA) is 52.7 Å². The van der Waals surface area contributed by atoms with E-state index in [-0.39, 0.29) is 18.4 Å². The van der Waals surface area contributed by atoms with E-state index in [0.29, 0.717) is 19.5 Å². The number of nitrogens with one attached hydrogen (secondary N) is 1. The van der Waals surface area contributed by atoms with E-state index in [1.165, 1.54) is 31.5 Å². The van der Waals surface area contributed by atoms with Gasteiger partial charge < -0.3 is 10.2 Å². The molecule has 0 radical (unpaired) electrons. The average molecular weight is 343 g/mol. The monoisotopic (exact) mass is 343 g/mol. The van der Waals surface area contributed by atoms with Crippen molar-refractivity contribution in [2.45, 2.75) is 51.6 Å². The maximum atomic E-state index is 12.1. The first-order chi connectivity index (χ1) is 12.2. The largest absolute Gasteiger partial charge is 0.350 e. The van der Waals surface area contributed by atoms with Crippen LogP contribution in [0.15, 0.2) is 24.3 Å². The Kier molecular flexibility index (Phi) is 6.45. The minimum absolute atomic E-state index is 0.0728. The normalized spacial score (nSPS) is 19.0. The molecule has 0 aliphatic carbocycles. The first-order valence-electron chi connectivity index (χ1n) is 9.55. The maximum Gasteiger partial charge on any atom is 0.239 e. The summed E-state index contributed by atoms with van der Waals surface area (Å²) < 4.78 is 0. The van der Waals surface area contributed by atoms with Crippen molar-refractivity contribution in [2.24, 2.45) is 0 Å². The molecule has 0 spiro atoms. The van der Waals surface area contributed by atoms with Gasteiger partial charge in [-0.25, -0.2) is 0 Å². The first kappa shape index (κ1) is 17.9. The number of carbonyl (C=O) groups excluding carboxylic acids is 2. The van der Waals surface area contributed by atoms with Crippen LogP contribution in [0.4, 0.5) is 0 Å². The summed E-state index contributed by atoms with van der Waals surface area (Å²) in [4.78, 5) is 28.3. The van der Waals surface area contributed by atoms with E-state index in [0.717, 1.165) is 31.4 Å². The van der Waals surface area contributed by atoms with Crippen molar-refractivity contribution < 1.29 is 9.59 Å². The number of hydrogen-bond acceptors (Lipinski definition) is 3. The number of benzene rings is 1. The molecule has 0 saturated carbocycles. The van der Waals surface area contributed by atoms with Crippen molar-refractivity contribution in [2.75, 3.05) is 26.2 Å². The predicted octanol–water partition coefficient (Wildman–Crippen LogP) is 2.30. The fourth-order valence-electron chi connectivity index (χ4n) is 3.60. The van der Waals surface area contributed by atoms with Crippen LogP contribution in [-0.4, -0.2) is 47.8 Å². The zero-order valence-electron chi connectivity index (χ0n) is 15.0. The van der Waals surface area contributed by atoms with Gasteiger partial charge in [-0.05, 0) is 49.9 Å². The summed E-state index contributed by atoms with van der Waals surface area (Å²) >= 11 is 0. The molecule has 0 atom stereocenters. The van der Waals surface area contributed by atoms with Crippen LogP contribution in [0.5, 0.6) is 0 Å². The Hall–Kier alpha value is -1.88. The Labute approximate surface area is 150 Å². The second-order valence-corrected chi connectivity index (χ2v) is 7.20. The van der Waals surface area contributed by atoms with Crippen LogP contribution in [0.2, 0.25) is 0 Å². The molecule has 0 aromatic heterocycles. The summed E-state index contributed by atoms with van der Waals surface area (Å²) in [5.41, 5.74) is 2.42. The quantitative estimate of drug-likeness (QED) is 0.862. The second kappa shape index (κ2) is 8.99. The van der Waals surface area contributed by atoms with Crippen LogP contribution in [0, 0.1) is 0 Å². The molecule has 0 unspecified atom stereocenters. The van der Waals surface area contributed by atoms with Crippen LogP contribution >= 0.6 is 0 Å². The molecule has 1 aromatic carbocycles. The van der Waals surface area contributed by atoms with Gasteiger partial charge in [0.1, 0.15) is 0 Å². The lowest BCUT2D eigenvalue weighted by molar-refractivity contribution is -0.135. The van der Waals surface area contributed by atoms with E-state index in [1.54, 1.807) is 4.90 Å². The number of likely N-dealkylation sites (tertiary alicyclic amines) is 2. The van der Waals surface area contributed by atoms with Crippen LogP contribution < -0.4 is 5.32 Å². The van der Waals surface area contributed by atoms with Crippen molar-refractivity contribution in [3.05, 3.63) is 35.4 Å². The summed E-state index contributed by atoms with van der Waals surface area (Å²) in [6.45, 7) is 4.83. The van der Waals surface area contributed by atoms with E-state index in [9.17, 15) is 9.59 Å². The molecule has 2 aliphatic heterocycles. The van der Waals surface area contributed by atoms with Gasteiger partial charge in [0.05, 0.1) is 6.54 Å². The van der Waals surface area contributed by atoms with Gasteiger partial charge in [-0.1, -0.05) is 30.7 Å². The van der Waals surface area contributed by atoms with E-state index in [4.69, 9.17) is 0 Å². The smallest absolute Gasteiger partial charge is 0.239 e. The fourth-order valence-corrected chi connectivity index (χ4v) is 3.60. The number of amides is 2. The van der Waals surface area contributed by atoms with E-state index >= 15 is 0 Å². The third-order valence-corrected chi connectivity index (χ3v) is 5.12. The minimum Gasteiger partial charge on any atom is -0.350 e. The summed E-state index contributed by atoms with van der Waals surface area (Å²) in [6, 6.07) is 8.47. The van der Waals surface area contributed by atoms with Crippen molar-refractivity contribution >= 4 is 11.8 Å². The molecule has 2 aliphatic rings. The SMILES string of the molecule is O=C(CN1CCCCCC1=O)NCc1ccc(CN2CCCC2)cc1. The number of rotatable bonds is 6. The van der Waals surface area contributed by atoms with Gasteiger partial charge in [-0.3, -0.25) is 14.5 Å². The summed E-state index contributed by atoms with van der Waals surface area (Å²) in [6.07, 6.45) is 6.21. The fraction of sp³-hybridized carbons (Fsp3) is 0.600. The lowest BCUT2D eigenvalue weighted by atomic mass is 10.1. The van der Waals surface area contributed by atoms with Crippen LogP contribution in [0.25, 0.3) is 0 Å². The van der Waals surface area contributed by atoms with Gasteiger partial charge in [0, 0.05) is 26.1 Å². The second-order valence-electron chi connectivity index (χ2n) is 7.20. The minimum atomic E-state index is -0.0728. The van der Waals surface area contributed by atoms with Crippen molar-refractivity contribution in [3.63, 3.8) is 0 Å². The molecular formula is C20H29N3O2. The molecule has 0 bridgehead atoms. The highest BCUT2D eigenvalue weighted by atomic mass is 16.2. The van der Waals surface area contributed by atoms with Crippen LogP contribution in [-0.2, 0) is 22.7 Å². The van der Waals surface area contributed by atoms with E-state index in [2.05, 4.69) is 34.5 Å². The highest BCUT2D eigenvalue weighted by Crippen LogP contribution is 2.13. The molecule has 136 valence electrons. The molecular weight excluding hydrogens is 314 g/mol. The molecule has 1 N–H and O–H groups in total. The lowest BCUT2D eigenvalue weighted by Gasteiger charge is -2.19. The molecule has 2 fully saturated rings. The van der Waals surface area contributed by atoms with E-state index in [1.807, 2.05) is 0 Å². The molecule has 2 saturated heterocycles. The Bertz CT molecular complexity index is 579. The predicted molar refractivity (Wildman–Crippen MR) is 97.8 cm³/mol. The Morgan fingerprint density at radius 2 is 1.60 bits per heavy atom. The van der Waals surface area contributed by atoms with Crippen molar-refractivity contribution in [1.29, 1.82) is 0 Å². The molecule has 3 rings (SSSR count). The van der Waals surface area contributed by atoms with Crippen molar-refractivity contribution in [1.82, 2.24) is 15.1 Å². The third kappa shape index (κ3) is 5.56. The average Bonchev–Trinajstić information content (AvgIpc) is 3.04. The highest BCUT2D eigenvalue weighted by molar-refractivity contribution is 5.84. The third-order valence-electron chi connectivity index (χ3n) is 5.12. The van der Waals surface area contributed by atoms with Gasteiger partial charge in [0.2, 0.25) is 11.8 Å². The standard InChI is InChI=1S/C20H29N3O2/c24-19(16-23-13-3-1-2-6-20(23)25)21-14-17-7-9-18(10-8-17)15-22-11-4-5-12-22/h7-10H,1-6,11-16H2,(H,21,24). The Morgan fingerprint density at radius 3 is 2.36 bits per heavy atom. The van der Waals surface area contributed by atoms with Crippen LogP contribution in [0.3, 0.4) is 0 Å². The number of nitrogens with zero attached hydrogens (tertiary/aromatic N) is 2. The lowest BCUT2D eigenvalue weighted by Crippen LogP contribution is -2.40. The van der Waals surface area contributed by atoms with E-state index < -0.39 is 0 Å². The Morgan fingerprint density at radius 1 is 0.920 bits per heavy atom. The zero-order chi connectivity index (χ0) is 17.5. The maximum absolute atomic E-state index is 12.1. The molecule has 2 heterocycles. The Balaban J connectivity index is 1.42. The molecule has 5 heteroatoms. The number of carbonyl (C=O) groups is 2. The van der Waals surface area contributed by atoms with Gasteiger partial charge in [0.15, 0.2) is 0 Å². The number of hydrogen-bond donors (Lipinski definition) is 1. The van der Waals surface area contributed by atoms with Gasteiger partial charge in [0.25, 0.3) is 0 Å². The first-order valence-corrected chi connectivity index (χ1v) is 9.55. The summed E-state index contributed by atoms with van der Waals surface area (Å²) in [5, 5.41) is 2.94. The van der Waals surface area contributed by atoms with Gasteiger partial charge >= 0.3 is 0 Å². The highest BCUT2D eigenvalue weighted by Gasteiger charge is 2.19. The summed E-state index contributed by atoms with van der Waals surface area (Å²) in [5.74, 6) is 0.0373. The molecule has 1 aromatic rings. The summed E-state index contributed by atoms with van der Waals surface area (Å²) in [7, 11) is 0. The van der Waals surface area contributed by atoms with Crippen LogP contribution in [0.1, 0.15) is 49.7 Å². The van der Waals surface area contributed by atoms with Gasteiger partial charge in [-0.2, -0.15) is 0 Å².